The van der Waals surface area contributed by atoms with Gasteiger partial charge in [0.05, 0.1) is 10.6 Å². The molecule has 0 unspecified atom stereocenters. The first kappa shape index (κ1) is 22.2. The zero-order valence-corrected chi connectivity index (χ0v) is 19.0. The van der Waals surface area contributed by atoms with Crippen LogP contribution < -0.4 is 0 Å². The molecule has 0 aliphatic carbocycles. The normalized spacial score (nSPS) is 12.0. The van der Waals surface area contributed by atoms with Crippen molar-refractivity contribution in [2.45, 2.75) is 43.8 Å². The van der Waals surface area contributed by atoms with Crippen molar-refractivity contribution in [3.63, 3.8) is 0 Å². The lowest BCUT2D eigenvalue weighted by Crippen LogP contribution is -2.13. The summed E-state index contributed by atoms with van der Waals surface area (Å²) in [5.41, 5.74) is 2.58. The molecule has 0 atom stereocenters. The molecule has 0 fully saturated rings. The molecule has 1 heterocycles. The quantitative estimate of drug-likeness (QED) is 0.487. The van der Waals surface area contributed by atoms with Crippen LogP contribution in [0.15, 0.2) is 65.6 Å². The van der Waals surface area contributed by atoms with Crippen LogP contribution in [0.1, 0.15) is 53.6 Å². The van der Waals surface area contributed by atoms with Gasteiger partial charge in [-0.1, -0.05) is 56.6 Å². The molecule has 3 aromatic rings. The molecule has 0 radical (unpaired) electrons. The summed E-state index contributed by atoms with van der Waals surface area (Å²) in [6.45, 7) is 8.01. The molecule has 156 valence electrons. The van der Waals surface area contributed by atoms with Crippen LogP contribution in [0.5, 0.6) is 0 Å². The summed E-state index contributed by atoms with van der Waals surface area (Å²) < 4.78 is 26.1. The fourth-order valence-electron chi connectivity index (χ4n) is 3.14. The van der Waals surface area contributed by atoms with Crippen molar-refractivity contribution in [3.05, 3.63) is 93.8 Å². The average molecular weight is 442 g/mol. The molecule has 0 bridgehead atoms. The maximum Gasteiger partial charge on any atom is 0.211 e. The number of carbonyl (C=O) groups excluding carboxylic acids is 1. The van der Waals surface area contributed by atoms with E-state index in [1.54, 1.807) is 49.4 Å². The second-order valence-electron chi connectivity index (χ2n) is 8.33. The summed E-state index contributed by atoms with van der Waals surface area (Å²) in [5.74, 6) is -0.652. The van der Waals surface area contributed by atoms with E-state index in [0.29, 0.717) is 16.3 Å². The number of halogens is 1. The molecule has 2 aromatic carbocycles. The van der Waals surface area contributed by atoms with Crippen LogP contribution in [-0.4, -0.2) is 19.2 Å². The smallest absolute Gasteiger partial charge is 0.211 e. The van der Waals surface area contributed by atoms with E-state index in [9.17, 15) is 13.2 Å². The number of ketones is 1. The monoisotopic (exact) mass is 441 g/mol. The molecular weight excluding hydrogens is 418 g/mol. The van der Waals surface area contributed by atoms with Crippen molar-refractivity contribution in [3.8, 4) is 0 Å². The van der Waals surface area contributed by atoms with Crippen LogP contribution in [0.3, 0.4) is 0 Å². The van der Waals surface area contributed by atoms with Crippen LogP contribution in [0.2, 0.25) is 5.02 Å². The molecule has 3 rings (SSSR count). The van der Waals surface area contributed by atoms with Crippen LogP contribution >= 0.6 is 11.6 Å². The highest BCUT2D eigenvalue weighted by molar-refractivity contribution is 7.90. The summed E-state index contributed by atoms with van der Waals surface area (Å²) in [6, 6.07) is 16.7. The van der Waals surface area contributed by atoms with E-state index in [1.165, 1.54) is 6.07 Å². The van der Waals surface area contributed by atoms with Crippen LogP contribution in [0.25, 0.3) is 0 Å². The lowest BCUT2D eigenvalue weighted by Gasteiger charge is -2.19. The van der Waals surface area contributed by atoms with E-state index >= 15 is 0 Å². The highest BCUT2D eigenvalue weighted by Gasteiger charge is 2.23. The molecule has 0 spiro atoms. The van der Waals surface area contributed by atoms with Gasteiger partial charge >= 0.3 is 0 Å². The molecule has 0 aliphatic heterocycles. The second kappa shape index (κ2) is 8.32. The minimum atomic E-state index is -3.65. The number of carbonyl (C=O) groups is 1. The Labute approximate surface area is 182 Å². The van der Waals surface area contributed by atoms with E-state index < -0.39 is 9.84 Å². The van der Waals surface area contributed by atoms with Crippen molar-refractivity contribution in [2.75, 3.05) is 0 Å². The van der Waals surface area contributed by atoms with Gasteiger partial charge in [0, 0.05) is 16.3 Å². The second-order valence-corrected chi connectivity index (χ2v) is 10.8. The Morgan fingerprint density at radius 3 is 2.27 bits per heavy atom. The van der Waals surface area contributed by atoms with Gasteiger partial charge in [0.15, 0.2) is 9.84 Å². The maximum atomic E-state index is 13.1. The average Bonchev–Trinajstić information content (AvgIpc) is 2.68. The van der Waals surface area contributed by atoms with Crippen LogP contribution in [-0.2, 0) is 21.0 Å². The number of nitrogens with zero attached hydrogens (tertiary/aromatic N) is 1. The van der Waals surface area contributed by atoms with Crippen molar-refractivity contribution in [1.82, 2.24) is 4.98 Å². The molecule has 1 aromatic heterocycles. The number of rotatable bonds is 5. The van der Waals surface area contributed by atoms with Gasteiger partial charge in [0.2, 0.25) is 5.78 Å². The van der Waals surface area contributed by atoms with Crippen molar-refractivity contribution < 1.29 is 13.2 Å². The Morgan fingerprint density at radius 2 is 1.67 bits per heavy atom. The number of hydrogen-bond donors (Lipinski definition) is 0. The highest BCUT2D eigenvalue weighted by Crippen LogP contribution is 2.27. The van der Waals surface area contributed by atoms with Crippen LogP contribution in [0, 0.1) is 6.92 Å². The van der Waals surface area contributed by atoms with Crippen molar-refractivity contribution >= 4 is 27.2 Å². The Balaban J connectivity index is 1.97. The van der Waals surface area contributed by atoms with E-state index in [2.05, 4.69) is 25.8 Å². The number of pyridine rings is 1. The minimum Gasteiger partial charge on any atom is -0.287 e. The van der Waals surface area contributed by atoms with Gasteiger partial charge in [0.25, 0.3) is 0 Å². The van der Waals surface area contributed by atoms with E-state index in [0.717, 1.165) is 5.56 Å². The number of aryl methyl sites for hydroxylation is 1. The molecule has 0 N–H and O–H groups in total. The summed E-state index contributed by atoms with van der Waals surface area (Å²) in [7, 11) is -3.65. The molecule has 0 amide bonds. The molecule has 0 aliphatic rings. The van der Waals surface area contributed by atoms with Crippen molar-refractivity contribution in [2.24, 2.45) is 0 Å². The number of aromatic nitrogens is 1. The third-order valence-electron chi connectivity index (χ3n) is 4.86. The number of hydrogen-bond acceptors (Lipinski definition) is 4. The van der Waals surface area contributed by atoms with Gasteiger partial charge in [-0.3, -0.25) is 4.79 Å². The zero-order valence-electron chi connectivity index (χ0n) is 17.4. The zero-order chi connectivity index (χ0) is 22.1. The first-order valence-corrected chi connectivity index (χ1v) is 11.6. The Hall–Kier alpha value is -2.50. The van der Waals surface area contributed by atoms with Gasteiger partial charge in [0.1, 0.15) is 5.69 Å². The van der Waals surface area contributed by atoms with Crippen LogP contribution in [0.4, 0.5) is 0 Å². The largest absolute Gasteiger partial charge is 0.287 e. The molecule has 0 saturated heterocycles. The van der Waals surface area contributed by atoms with Gasteiger partial charge in [-0.2, -0.15) is 0 Å². The number of sulfone groups is 1. The fourth-order valence-corrected chi connectivity index (χ4v) is 4.69. The Morgan fingerprint density at radius 1 is 1.00 bits per heavy atom. The lowest BCUT2D eigenvalue weighted by molar-refractivity contribution is 0.103. The van der Waals surface area contributed by atoms with Gasteiger partial charge in [-0.05, 0) is 59.9 Å². The standard InChI is InChI=1S/C24H24ClNO3S/c1-16-6-5-7-22(26-16)23(27)21-14-19(25)11-8-17(21)15-30(28,29)20-12-9-18(10-13-20)24(2,3)4/h5-14H,15H2,1-4H3. The molecule has 30 heavy (non-hydrogen) atoms. The predicted molar refractivity (Wildman–Crippen MR) is 120 cm³/mol. The molecule has 6 heteroatoms. The Kier molecular flexibility index (Phi) is 6.16. The fraction of sp³-hybridized carbons (Fsp3) is 0.250. The lowest BCUT2D eigenvalue weighted by atomic mass is 9.87. The third-order valence-corrected chi connectivity index (χ3v) is 6.78. The Bertz CT molecular complexity index is 1190. The number of benzene rings is 2. The first-order chi connectivity index (χ1) is 14.0. The van der Waals surface area contributed by atoms with E-state index in [4.69, 9.17) is 11.6 Å². The van der Waals surface area contributed by atoms with Gasteiger partial charge < -0.3 is 0 Å². The first-order valence-electron chi connectivity index (χ1n) is 9.57. The molecule has 4 nitrogen and oxygen atoms in total. The predicted octanol–water partition coefficient (Wildman–Crippen LogP) is 5.55. The SMILES string of the molecule is Cc1cccc(C(=O)c2cc(Cl)ccc2CS(=O)(=O)c2ccc(C(C)(C)C)cc2)n1. The third kappa shape index (κ3) is 4.97. The maximum absolute atomic E-state index is 13.1. The van der Waals surface area contributed by atoms with E-state index in [-0.39, 0.29) is 33.1 Å². The molecular formula is C24H24ClNO3S. The van der Waals surface area contributed by atoms with Gasteiger partial charge in [-0.15, -0.1) is 0 Å². The molecule has 0 saturated carbocycles. The van der Waals surface area contributed by atoms with Gasteiger partial charge in [-0.25, -0.2) is 13.4 Å². The summed E-state index contributed by atoms with van der Waals surface area (Å²) in [6.07, 6.45) is 0. The summed E-state index contributed by atoms with van der Waals surface area (Å²) >= 11 is 6.11. The summed E-state index contributed by atoms with van der Waals surface area (Å²) in [5, 5.41) is 0.363. The minimum absolute atomic E-state index is 0.0706. The van der Waals surface area contributed by atoms with E-state index in [1.807, 2.05) is 12.1 Å². The topological polar surface area (TPSA) is 64.1 Å². The summed E-state index contributed by atoms with van der Waals surface area (Å²) in [4.78, 5) is 17.5. The van der Waals surface area contributed by atoms with Crippen molar-refractivity contribution in [1.29, 1.82) is 0 Å². The highest BCUT2D eigenvalue weighted by atomic mass is 35.5.